The van der Waals surface area contributed by atoms with Gasteiger partial charge in [-0.3, -0.25) is 0 Å². The van der Waals surface area contributed by atoms with E-state index >= 15 is 0 Å². The van der Waals surface area contributed by atoms with Gasteiger partial charge in [-0.2, -0.15) is 0 Å². The molecule has 2 heteroatoms. The molecule has 0 heterocycles. The number of hydrogen-bond donors (Lipinski definition) is 0. The smallest absolute Gasteiger partial charge is 0.0468 e. The molecule has 0 aliphatic carbocycles. The van der Waals surface area contributed by atoms with E-state index in [0.717, 1.165) is 56.4 Å². The molecule has 0 saturated heterocycles. The summed E-state index contributed by atoms with van der Waals surface area (Å²) >= 11 is 0. The van der Waals surface area contributed by atoms with E-state index in [-0.39, 0.29) is 0 Å². The second-order valence-electron chi connectivity index (χ2n) is 20.8. The SMILES string of the molecule is c1ccc(-c2cccc(N(c3cccc(-c4ccc(-c5cccc(N(c6cccc(-c7ccccc7)c6)c6ccc7c8ccccc8c8ccccc8c7c6)c5)cc4)c3)c3ccc4c5ccccc5c5ccccc5c4c3)c2)cc1. The van der Waals surface area contributed by atoms with Crippen LogP contribution < -0.4 is 9.80 Å². The van der Waals surface area contributed by atoms with Crippen LogP contribution in [-0.2, 0) is 0 Å². The van der Waals surface area contributed by atoms with Gasteiger partial charge in [0.15, 0.2) is 0 Å². The molecule has 0 aliphatic rings. The van der Waals surface area contributed by atoms with Crippen LogP contribution in [0.25, 0.3) is 109 Å². The van der Waals surface area contributed by atoms with E-state index in [1.807, 2.05) is 0 Å². The summed E-state index contributed by atoms with van der Waals surface area (Å²) in [6.45, 7) is 0. The van der Waals surface area contributed by atoms with Gasteiger partial charge >= 0.3 is 0 Å². The summed E-state index contributed by atoms with van der Waals surface area (Å²) in [7, 11) is 0. The Kier molecular flexibility index (Phi) is 11.6. The van der Waals surface area contributed by atoms with Crippen molar-refractivity contribution in [2.45, 2.75) is 0 Å². The van der Waals surface area contributed by atoms with Crippen molar-refractivity contribution in [2.24, 2.45) is 0 Å². The Morgan fingerprint density at radius 1 is 0.125 bits per heavy atom. The van der Waals surface area contributed by atoms with Gasteiger partial charge in [0.25, 0.3) is 0 Å². The van der Waals surface area contributed by atoms with Gasteiger partial charge in [0, 0.05) is 34.1 Å². The summed E-state index contributed by atoms with van der Waals surface area (Å²) in [6, 6.07) is 116. The molecule has 0 saturated carbocycles. The standard InChI is InChI=1S/C78H52N2/c1-3-19-53(20-4-1)57-23-15-27-61(47-57)79(65-43-45-75-71-35-9-7-31-67(71)69-33-11-13-37-73(69)77(75)51-65)63-29-17-25-59(49-63)55-39-41-56(42-40-55)60-26-18-30-64(50-60)80(62-28-16-24-58(48-62)54-21-5-2-6-22-54)66-44-46-76-72-36-10-8-32-68(72)70-34-12-14-38-74(70)78(76)52-66/h1-52H. The van der Waals surface area contributed by atoms with Crippen LogP contribution in [0.15, 0.2) is 315 Å². The predicted molar refractivity (Wildman–Crippen MR) is 343 cm³/mol. The Balaban J connectivity index is 0.821. The zero-order chi connectivity index (χ0) is 52.9. The quantitative estimate of drug-likeness (QED) is 0.126. The number of anilines is 6. The highest BCUT2D eigenvalue weighted by Crippen LogP contribution is 2.45. The molecule has 0 atom stereocenters. The normalized spacial score (nSPS) is 11.5. The molecule has 80 heavy (non-hydrogen) atoms. The minimum atomic E-state index is 1.08. The highest BCUT2D eigenvalue weighted by Gasteiger charge is 2.20. The topological polar surface area (TPSA) is 6.48 Å². The first-order valence-electron chi connectivity index (χ1n) is 27.6. The van der Waals surface area contributed by atoms with Crippen LogP contribution in [-0.4, -0.2) is 0 Å². The molecule has 15 aromatic rings. The van der Waals surface area contributed by atoms with Gasteiger partial charge in [0.2, 0.25) is 0 Å². The van der Waals surface area contributed by atoms with Crippen LogP contribution >= 0.6 is 0 Å². The summed E-state index contributed by atoms with van der Waals surface area (Å²) in [5, 5.41) is 15.1. The van der Waals surface area contributed by atoms with Crippen LogP contribution in [0.2, 0.25) is 0 Å². The largest absolute Gasteiger partial charge is 0.310 e. The molecular weight excluding hydrogens is 965 g/mol. The van der Waals surface area contributed by atoms with E-state index in [4.69, 9.17) is 0 Å². The molecule has 0 spiro atoms. The molecule has 0 unspecified atom stereocenters. The van der Waals surface area contributed by atoms with Crippen molar-refractivity contribution in [1.82, 2.24) is 0 Å². The maximum absolute atomic E-state index is 2.42. The molecule has 2 nitrogen and oxygen atoms in total. The molecule has 15 rings (SSSR count). The van der Waals surface area contributed by atoms with Crippen LogP contribution in [0.3, 0.4) is 0 Å². The molecule has 0 aromatic heterocycles. The second kappa shape index (κ2) is 19.8. The van der Waals surface area contributed by atoms with Gasteiger partial charge in [-0.25, -0.2) is 0 Å². The summed E-state index contributed by atoms with van der Waals surface area (Å²) in [4.78, 5) is 4.83. The van der Waals surface area contributed by atoms with Gasteiger partial charge < -0.3 is 9.80 Å². The van der Waals surface area contributed by atoms with E-state index < -0.39 is 0 Å². The summed E-state index contributed by atoms with van der Waals surface area (Å²) < 4.78 is 0. The summed E-state index contributed by atoms with van der Waals surface area (Å²) in [5.74, 6) is 0. The zero-order valence-corrected chi connectivity index (χ0v) is 43.9. The number of fused-ring (bicyclic) bond motifs is 12. The Hall–Kier alpha value is -10.5. The average molecular weight is 1020 g/mol. The third-order valence-corrected chi connectivity index (χ3v) is 16.2. The number of rotatable bonds is 10. The average Bonchev–Trinajstić information content (AvgIpc) is 3.71. The van der Waals surface area contributed by atoms with Crippen molar-refractivity contribution < 1.29 is 0 Å². The van der Waals surface area contributed by atoms with Gasteiger partial charge in [-0.1, -0.05) is 243 Å². The molecule has 0 bridgehead atoms. The third kappa shape index (κ3) is 8.30. The highest BCUT2D eigenvalue weighted by atomic mass is 15.1. The fourth-order valence-electron chi connectivity index (χ4n) is 12.4. The first-order chi connectivity index (χ1) is 39.7. The zero-order valence-electron chi connectivity index (χ0n) is 43.9. The first-order valence-corrected chi connectivity index (χ1v) is 27.6. The fourth-order valence-corrected chi connectivity index (χ4v) is 12.4. The molecule has 0 aliphatic heterocycles. The Labute approximate surface area is 465 Å². The lowest BCUT2D eigenvalue weighted by atomic mass is 9.93. The summed E-state index contributed by atoms with van der Waals surface area (Å²) in [6.07, 6.45) is 0. The molecule has 0 fully saturated rings. The van der Waals surface area contributed by atoms with E-state index in [1.54, 1.807) is 0 Å². The second-order valence-corrected chi connectivity index (χ2v) is 20.8. The molecule has 0 amide bonds. The van der Waals surface area contributed by atoms with Crippen molar-refractivity contribution in [3.05, 3.63) is 315 Å². The number of nitrogens with zero attached hydrogens (tertiary/aromatic N) is 2. The van der Waals surface area contributed by atoms with Crippen LogP contribution in [0.4, 0.5) is 34.1 Å². The monoisotopic (exact) mass is 1020 g/mol. The Bertz CT molecular complexity index is 4450. The van der Waals surface area contributed by atoms with E-state index in [2.05, 4.69) is 325 Å². The lowest BCUT2D eigenvalue weighted by Gasteiger charge is -2.27. The van der Waals surface area contributed by atoms with Crippen molar-refractivity contribution in [1.29, 1.82) is 0 Å². The number of benzene rings is 15. The highest BCUT2D eigenvalue weighted by molar-refractivity contribution is 6.27. The van der Waals surface area contributed by atoms with Crippen LogP contribution in [0.1, 0.15) is 0 Å². The molecule has 15 aromatic carbocycles. The van der Waals surface area contributed by atoms with Crippen LogP contribution in [0.5, 0.6) is 0 Å². The molecule has 374 valence electrons. The van der Waals surface area contributed by atoms with E-state index in [1.165, 1.54) is 86.9 Å². The summed E-state index contributed by atoms with van der Waals surface area (Å²) in [5.41, 5.74) is 15.8. The van der Waals surface area contributed by atoms with Crippen molar-refractivity contribution in [2.75, 3.05) is 9.80 Å². The predicted octanol–water partition coefficient (Wildman–Crippen LogP) is 22.2. The van der Waals surface area contributed by atoms with Crippen molar-refractivity contribution in [3.63, 3.8) is 0 Å². The lowest BCUT2D eigenvalue weighted by Crippen LogP contribution is -2.10. The molecule has 0 N–H and O–H groups in total. The molecule has 0 radical (unpaired) electrons. The van der Waals surface area contributed by atoms with Gasteiger partial charge in [0.1, 0.15) is 0 Å². The van der Waals surface area contributed by atoms with E-state index in [9.17, 15) is 0 Å². The van der Waals surface area contributed by atoms with Crippen LogP contribution in [0, 0.1) is 0 Å². The first kappa shape index (κ1) is 46.7. The maximum atomic E-state index is 2.42. The minimum Gasteiger partial charge on any atom is -0.310 e. The van der Waals surface area contributed by atoms with Gasteiger partial charge in [-0.05, 0) is 182 Å². The lowest BCUT2D eigenvalue weighted by molar-refractivity contribution is 1.29. The van der Waals surface area contributed by atoms with Gasteiger partial charge in [-0.15, -0.1) is 0 Å². The Morgan fingerprint density at radius 2 is 0.338 bits per heavy atom. The fraction of sp³-hybridized carbons (Fsp3) is 0. The van der Waals surface area contributed by atoms with E-state index in [0.29, 0.717) is 0 Å². The maximum Gasteiger partial charge on any atom is 0.0468 e. The third-order valence-electron chi connectivity index (χ3n) is 16.2. The van der Waals surface area contributed by atoms with Crippen molar-refractivity contribution >= 4 is 98.8 Å². The van der Waals surface area contributed by atoms with Crippen molar-refractivity contribution in [3.8, 4) is 44.5 Å². The van der Waals surface area contributed by atoms with Gasteiger partial charge in [0.05, 0.1) is 0 Å². The Morgan fingerprint density at radius 3 is 0.625 bits per heavy atom. The minimum absolute atomic E-state index is 1.08. The molecular formula is C78H52N2. The number of hydrogen-bond acceptors (Lipinski definition) is 2.